The summed E-state index contributed by atoms with van der Waals surface area (Å²) in [6.45, 7) is 12.7. The van der Waals surface area contributed by atoms with Gasteiger partial charge in [0, 0.05) is 18.8 Å². The molecule has 0 amide bonds. The van der Waals surface area contributed by atoms with Gasteiger partial charge in [0.05, 0.1) is 30.8 Å². The van der Waals surface area contributed by atoms with Gasteiger partial charge in [0.2, 0.25) is 0 Å². The van der Waals surface area contributed by atoms with Gasteiger partial charge in [0.1, 0.15) is 17.8 Å². The minimum Gasteiger partial charge on any atom is -0.457 e. The van der Waals surface area contributed by atoms with Crippen molar-refractivity contribution < 1.29 is 39.1 Å². The normalized spacial score (nSPS) is 35.5. The van der Waals surface area contributed by atoms with Gasteiger partial charge in [-0.1, -0.05) is 52.0 Å². The average Bonchev–Trinajstić information content (AvgIpc) is 3.60. The molecule has 0 aromatic carbocycles. The number of cyclic esters (lactones) is 1. The Bertz CT molecular complexity index is 875. The van der Waals surface area contributed by atoms with Gasteiger partial charge in [0.25, 0.3) is 0 Å². The summed E-state index contributed by atoms with van der Waals surface area (Å²) in [5.74, 6) is -0.921. The van der Waals surface area contributed by atoms with E-state index in [9.17, 15) is 24.9 Å². The van der Waals surface area contributed by atoms with E-state index >= 15 is 0 Å². The van der Waals surface area contributed by atoms with Crippen LogP contribution in [0.25, 0.3) is 0 Å². The van der Waals surface area contributed by atoms with Gasteiger partial charge in [-0.05, 0) is 57.1 Å². The molecule has 38 heavy (non-hydrogen) atoms. The van der Waals surface area contributed by atoms with Crippen LogP contribution in [0.3, 0.4) is 0 Å². The molecule has 0 aromatic heterocycles. The van der Waals surface area contributed by atoms with Crippen LogP contribution in [0.1, 0.15) is 80.6 Å². The van der Waals surface area contributed by atoms with Crippen molar-refractivity contribution >= 4 is 11.9 Å². The van der Waals surface area contributed by atoms with E-state index in [1.807, 2.05) is 39.8 Å². The van der Waals surface area contributed by atoms with Crippen LogP contribution in [0.2, 0.25) is 0 Å². The number of aliphatic hydroxyl groups excluding tert-OH is 2. The number of rotatable bonds is 9. The quantitative estimate of drug-likeness (QED) is 0.175. The Morgan fingerprint density at radius 1 is 1.29 bits per heavy atom. The van der Waals surface area contributed by atoms with E-state index in [0.29, 0.717) is 0 Å². The van der Waals surface area contributed by atoms with Gasteiger partial charge in [-0.3, -0.25) is 9.59 Å². The molecule has 2 aliphatic rings. The predicted octanol–water partition coefficient (Wildman–Crippen LogP) is 4.02. The summed E-state index contributed by atoms with van der Waals surface area (Å²) >= 11 is 0. The zero-order chi connectivity index (χ0) is 28.6. The molecule has 0 aromatic rings. The average molecular weight is 537 g/mol. The molecule has 8 nitrogen and oxygen atoms in total. The molecule has 2 heterocycles. The fraction of sp³-hybridized carbons (Fsp3) is 0.733. The summed E-state index contributed by atoms with van der Waals surface area (Å²) in [4.78, 5) is 24.2. The Labute approximate surface area is 227 Å². The topological polar surface area (TPSA) is 126 Å². The van der Waals surface area contributed by atoms with Gasteiger partial charge < -0.3 is 29.5 Å². The van der Waals surface area contributed by atoms with Gasteiger partial charge in [-0.2, -0.15) is 0 Å². The van der Waals surface area contributed by atoms with E-state index in [2.05, 4.69) is 13.0 Å². The van der Waals surface area contributed by atoms with E-state index in [1.54, 1.807) is 19.1 Å². The Kier molecular flexibility index (Phi) is 12.2. The van der Waals surface area contributed by atoms with Crippen LogP contribution < -0.4 is 0 Å². The highest BCUT2D eigenvalue weighted by Gasteiger charge is 2.45. The number of hydrogen-bond donors (Lipinski definition) is 3. The molecule has 2 aliphatic heterocycles. The number of carbonyl (C=O) groups excluding carboxylic acids is 2. The molecule has 0 aliphatic carbocycles. The molecule has 1 unspecified atom stereocenters. The highest BCUT2D eigenvalue weighted by molar-refractivity contribution is 5.70. The number of epoxide rings is 1. The maximum Gasteiger partial charge on any atom is 0.309 e. The fourth-order valence-electron chi connectivity index (χ4n) is 4.97. The lowest BCUT2D eigenvalue weighted by Gasteiger charge is -2.32. The first-order valence-electron chi connectivity index (χ1n) is 13.9. The largest absolute Gasteiger partial charge is 0.457 e. The van der Waals surface area contributed by atoms with Gasteiger partial charge >= 0.3 is 11.9 Å². The van der Waals surface area contributed by atoms with E-state index in [-0.39, 0.29) is 55.3 Å². The molecule has 10 atom stereocenters. The molecule has 3 N–H and O–H groups in total. The summed E-state index contributed by atoms with van der Waals surface area (Å²) in [6, 6.07) is 0. The minimum absolute atomic E-state index is 0.105. The molecule has 8 heteroatoms. The van der Waals surface area contributed by atoms with E-state index < -0.39 is 35.9 Å². The smallest absolute Gasteiger partial charge is 0.309 e. The Morgan fingerprint density at radius 2 is 1.97 bits per heavy atom. The third-order valence-electron chi connectivity index (χ3n) is 7.63. The highest BCUT2D eigenvalue weighted by Crippen LogP contribution is 2.36. The molecule has 216 valence electrons. The van der Waals surface area contributed by atoms with E-state index in [4.69, 9.17) is 14.2 Å². The van der Waals surface area contributed by atoms with Crippen LogP contribution in [0.4, 0.5) is 0 Å². The van der Waals surface area contributed by atoms with Crippen molar-refractivity contribution in [2.45, 2.75) is 123 Å². The lowest BCUT2D eigenvalue weighted by atomic mass is 9.88. The molecule has 0 saturated carbocycles. The first kappa shape index (κ1) is 32.2. The van der Waals surface area contributed by atoms with Crippen LogP contribution in [0, 0.1) is 17.8 Å². The second kappa shape index (κ2) is 14.4. The first-order chi connectivity index (χ1) is 17.7. The summed E-state index contributed by atoms with van der Waals surface area (Å²) in [5.41, 5.74) is -0.580. The molecule has 1 fully saturated rings. The van der Waals surface area contributed by atoms with Crippen LogP contribution in [0.15, 0.2) is 36.0 Å². The second-order valence-corrected chi connectivity index (χ2v) is 11.4. The maximum absolute atomic E-state index is 12.6. The number of aliphatic hydroxyl groups is 3. The van der Waals surface area contributed by atoms with Crippen LogP contribution in [0.5, 0.6) is 0 Å². The Balaban J connectivity index is 2.12. The van der Waals surface area contributed by atoms with Crippen molar-refractivity contribution in [2.24, 2.45) is 17.8 Å². The fourth-order valence-corrected chi connectivity index (χ4v) is 4.97. The van der Waals surface area contributed by atoms with Crippen molar-refractivity contribution in [3.05, 3.63) is 36.0 Å². The first-order valence-corrected chi connectivity index (χ1v) is 13.9. The minimum atomic E-state index is -1.40. The number of esters is 2. The van der Waals surface area contributed by atoms with E-state index in [0.717, 1.165) is 18.4 Å². The molecule has 0 spiro atoms. The monoisotopic (exact) mass is 536 g/mol. The lowest BCUT2D eigenvalue weighted by molar-refractivity contribution is -0.157. The van der Waals surface area contributed by atoms with Gasteiger partial charge in [-0.25, -0.2) is 0 Å². The second-order valence-electron chi connectivity index (χ2n) is 11.4. The van der Waals surface area contributed by atoms with Crippen molar-refractivity contribution in [2.75, 3.05) is 0 Å². The number of allylic oxidation sites excluding steroid dienone is 3. The standard InChI is InChI=1S/C30H48O8/c1-8-24(33)21(5)29-25(37-29)16-18(2)10-9-11-19(3)28-20(4)12-13-26(36-22(6)31)30(7,35)15-14-23(32)17-27(34)38-28/h9-13,18,20-21,23-26,28-29,32-33,35H,8,14-17H2,1-7H3/t18-,20+,21-,23-,24+,25?,26+,28-,29-,30-/m1/s1. The van der Waals surface area contributed by atoms with Gasteiger partial charge in [-0.15, -0.1) is 0 Å². The van der Waals surface area contributed by atoms with Crippen molar-refractivity contribution in [1.29, 1.82) is 0 Å². The number of carbonyl (C=O) groups is 2. The number of ether oxygens (including phenoxy) is 3. The molecule has 0 radical (unpaired) electrons. The molecular weight excluding hydrogens is 488 g/mol. The lowest BCUT2D eigenvalue weighted by Crippen LogP contribution is -2.42. The third kappa shape index (κ3) is 9.95. The van der Waals surface area contributed by atoms with Gasteiger partial charge in [0.15, 0.2) is 0 Å². The Morgan fingerprint density at radius 3 is 2.61 bits per heavy atom. The highest BCUT2D eigenvalue weighted by atomic mass is 16.6. The zero-order valence-corrected chi connectivity index (χ0v) is 24.0. The number of hydrogen-bond acceptors (Lipinski definition) is 8. The van der Waals surface area contributed by atoms with Crippen molar-refractivity contribution in [3.8, 4) is 0 Å². The third-order valence-corrected chi connectivity index (χ3v) is 7.63. The molecule has 1 saturated heterocycles. The summed E-state index contributed by atoms with van der Waals surface area (Å²) in [7, 11) is 0. The maximum atomic E-state index is 12.6. The SMILES string of the molecule is CC[C@H](O)[C@@H](C)[C@H]1OC1C[C@H](C)C=CC=C(C)[C@H]1OC(=O)C[C@H](O)CC[C@@](C)(O)[C@@H](OC(C)=O)C=C[C@@H]1C. The van der Waals surface area contributed by atoms with Crippen molar-refractivity contribution in [3.63, 3.8) is 0 Å². The summed E-state index contributed by atoms with van der Waals surface area (Å²) in [6.07, 6.45) is 8.50. The van der Waals surface area contributed by atoms with Crippen molar-refractivity contribution in [1.82, 2.24) is 0 Å². The van der Waals surface area contributed by atoms with Crippen LogP contribution in [-0.2, 0) is 23.8 Å². The Hall–Kier alpha value is -2.00. The molecule has 0 bridgehead atoms. The summed E-state index contributed by atoms with van der Waals surface area (Å²) < 4.78 is 16.9. The zero-order valence-electron chi connectivity index (χ0n) is 24.0. The molecule has 2 rings (SSSR count). The summed E-state index contributed by atoms with van der Waals surface area (Å²) in [5, 5.41) is 31.3. The molecular formula is C30H48O8. The van der Waals surface area contributed by atoms with E-state index in [1.165, 1.54) is 6.92 Å². The predicted molar refractivity (Wildman–Crippen MR) is 145 cm³/mol. The van der Waals surface area contributed by atoms with Crippen LogP contribution in [-0.4, -0.2) is 69.5 Å². The van der Waals surface area contributed by atoms with Crippen LogP contribution >= 0.6 is 0 Å².